The Balaban J connectivity index is 1.43. The Labute approximate surface area is 167 Å². The summed E-state index contributed by atoms with van der Waals surface area (Å²) in [4.78, 5) is 40.3. The van der Waals surface area contributed by atoms with E-state index in [2.05, 4.69) is 5.32 Å². The summed E-state index contributed by atoms with van der Waals surface area (Å²) in [5.41, 5.74) is 1.19. The lowest BCUT2D eigenvalue weighted by Crippen LogP contribution is -2.51. The van der Waals surface area contributed by atoms with Crippen LogP contribution >= 0.6 is 11.3 Å². The minimum absolute atomic E-state index is 0.0147. The number of piperazine rings is 1. The lowest BCUT2D eigenvalue weighted by atomic mass is 10.1. The Bertz CT molecular complexity index is 830. The van der Waals surface area contributed by atoms with Gasteiger partial charge in [-0.25, -0.2) is 0 Å². The van der Waals surface area contributed by atoms with Crippen LogP contribution in [0.25, 0.3) is 0 Å². The Morgan fingerprint density at radius 3 is 2.50 bits per heavy atom. The number of amides is 3. The van der Waals surface area contributed by atoms with Crippen LogP contribution in [-0.2, 0) is 4.79 Å². The van der Waals surface area contributed by atoms with Gasteiger partial charge in [0.1, 0.15) is 5.75 Å². The van der Waals surface area contributed by atoms with Crippen LogP contribution in [0.2, 0.25) is 0 Å². The third kappa shape index (κ3) is 4.89. The zero-order valence-corrected chi connectivity index (χ0v) is 16.5. The van der Waals surface area contributed by atoms with Gasteiger partial charge < -0.3 is 19.9 Å². The monoisotopic (exact) mass is 401 g/mol. The maximum absolute atomic E-state index is 12.6. The third-order valence-corrected chi connectivity index (χ3v) is 5.33. The number of rotatable bonds is 6. The summed E-state index contributed by atoms with van der Waals surface area (Å²) in [5.74, 6) is 0.403. The van der Waals surface area contributed by atoms with Gasteiger partial charge in [0.15, 0.2) is 0 Å². The standard InChI is InChI=1S/C20H23N3O4S/c1-27-17-4-2-3-15(13-17)20(26)23-10-8-22(9-11-23)18(24)5-7-21-19(25)16-6-12-28-14-16/h2-4,6,12-14H,5,7-11H2,1H3,(H,21,25). The van der Waals surface area contributed by atoms with E-state index < -0.39 is 0 Å². The summed E-state index contributed by atoms with van der Waals surface area (Å²) in [5, 5.41) is 6.37. The van der Waals surface area contributed by atoms with E-state index in [1.807, 2.05) is 5.38 Å². The summed E-state index contributed by atoms with van der Waals surface area (Å²) in [6.45, 7) is 2.27. The largest absolute Gasteiger partial charge is 0.497 e. The first-order valence-corrected chi connectivity index (χ1v) is 10.0. The van der Waals surface area contributed by atoms with E-state index in [-0.39, 0.29) is 24.1 Å². The zero-order chi connectivity index (χ0) is 19.9. The van der Waals surface area contributed by atoms with E-state index >= 15 is 0 Å². The lowest BCUT2D eigenvalue weighted by molar-refractivity contribution is -0.132. The van der Waals surface area contributed by atoms with Gasteiger partial charge in [0.05, 0.1) is 7.11 Å². The topological polar surface area (TPSA) is 79.0 Å². The van der Waals surface area contributed by atoms with Crippen molar-refractivity contribution in [3.8, 4) is 5.75 Å². The summed E-state index contributed by atoms with van der Waals surface area (Å²) >= 11 is 1.46. The Kier molecular flexibility index (Phi) is 6.65. The Morgan fingerprint density at radius 1 is 1.07 bits per heavy atom. The highest BCUT2D eigenvalue weighted by Crippen LogP contribution is 2.15. The molecule has 1 aliphatic heterocycles. The average Bonchev–Trinajstić information content (AvgIpc) is 3.28. The minimum Gasteiger partial charge on any atom is -0.497 e. The molecular weight excluding hydrogens is 378 g/mol. The number of nitrogens with one attached hydrogen (secondary N) is 1. The van der Waals surface area contributed by atoms with Crippen molar-refractivity contribution in [3.05, 3.63) is 52.2 Å². The summed E-state index contributed by atoms with van der Waals surface area (Å²) in [7, 11) is 1.57. The van der Waals surface area contributed by atoms with Gasteiger partial charge in [-0.3, -0.25) is 14.4 Å². The van der Waals surface area contributed by atoms with Gasteiger partial charge in [-0.2, -0.15) is 11.3 Å². The molecule has 148 valence electrons. The molecule has 1 N–H and O–H groups in total. The van der Waals surface area contributed by atoms with E-state index in [0.29, 0.717) is 49.6 Å². The van der Waals surface area contributed by atoms with Crippen LogP contribution < -0.4 is 10.1 Å². The number of carbonyl (C=O) groups is 3. The van der Waals surface area contributed by atoms with Crippen molar-refractivity contribution in [2.75, 3.05) is 39.8 Å². The lowest BCUT2D eigenvalue weighted by Gasteiger charge is -2.35. The summed E-state index contributed by atoms with van der Waals surface area (Å²) < 4.78 is 5.17. The molecule has 8 heteroatoms. The highest BCUT2D eigenvalue weighted by molar-refractivity contribution is 7.08. The normalized spacial score (nSPS) is 13.9. The second-order valence-corrected chi connectivity index (χ2v) is 7.20. The van der Waals surface area contributed by atoms with Crippen molar-refractivity contribution in [2.45, 2.75) is 6.42 Å². The fraction of sp³-hybridized carbons (Fsp3) is 0.350. The van der Waals surface area contributed by atoms with Gasteiger partial charge >= 0.3 is 0 Å². The van der Waals surface area contributed by atoms with Crippen molar-refractivity contribution in [2.24, 2.45) is 0 Å². The van der Waals surface area contributed by atoms with E-state index in [0.717, 1.165) is 0 Å². The van der Waals surface area contributed by atoms with Crippen molar-refractivity contribution in [3.63, 3.8) is 0 Å². The van der Waals surface area contributed by atoms with Crippen LogP contribution in [0.3, 0.4) is 0 Å². The van der Waals surface area contributed by atoms with Gasteiger partial charge in [-0.1, -0.05) is 6.07 Å². The molecular formula is C20H23N3O4S. The van der Waals surface area contributed by atoms with Gasteiger partial charge in [0, 0.05) is 55.7 Å². The first-order chi connectivity index (χ1) is 13.6. The molecule has 3 amide bonds. The number of thiophene rings is 1. The van der Waals surface area contributed by atoms with Crippen LogP contribution in [0, 0.1) is 0 Å². The number of carbonyl (C=O) groups excluding carboxylic acids is 3. The maximum atomic E-state index is 12.6. The number of benzene rings is 1. The van der Waals surface area contributed by atoms with Crippen molar-refractivity contribution in [1.82, 2.24) is 15.1 Å². The van der Waals surface area contributed by atoms with Crippen LogP contribution in [0.4, 0.5) is 0 Å². The van der Waals surface area contributed by atoms with Crippen LogP contribution in [0.1, 0.15) is 27.1 Å². The first kappa shape index (κ1) is 19.9. The molecule has 3 rings (SSSR count). The molecule has 0 atom stereocenters. The number of hydrogen-bond donors (Lipinski definition) is 1. The Hall–Kier alpha value is -2.87. The molecule has 2 aromatic rings. The second kappa shape index (κ2) is 9.36. The SMILES string of the molecule is COc1cccc(C(=O)N2CCN(C(=O)CCNC(=O)c3ccsc3)CC2)c1. The molecule has 2 heterocycles. The minimum atomic E-state index is -0.164. The molecule has 0 unspecified atom stereocenters. The fourth-order valence-corrected chi connectivity index (χ4v) is 3.67. The molecule has 0 bridgehead atoms. The molecule has 0 radical (unpaired) electrons. The van der Waals surface area contributed by atoms with Crippen LogP contribution in [0.15, 0.2) is 41.1 Å². The molecule has 28 heavy (non-hydrogen) atoms. The first-order valence-electron chi connectivity index (χ1n) is 9.10. The van der Waals surface area contributed by atoms with E-state index in [1.54, 1.807) is 52.6 Å². The van der Waals surface area contributed by atoms with Crippen molar-refractivity contribution >= 4 is 29.1 Å². The predicted octanol–water partition coefficient (Wildman–Crippen LogP) is 1.86. The van der Waals surface area contributed by atoms with Crippen LogP contribution in [-0.4, -0.2) is 67.4 Å². The van der Waals surface area contributed by atoms with Gasteiger partial charge in [-0.15, -0.1) is 0 Å². The molecule has 1 aromatic carbocycles. The Morgan fingerprint density at radius 2 is 1.82 bits per heavy atom. The van der Waals surface area contributed by atoms with Crippen molar-refractivity contribution in [1.29, 1.82) is 0 Å². The quantitative estimate of drug-likeness (QED) is 0.801. The van der Waals surface area contributed by atoms with E-state index in [9.17, 15) is 14.4 Å². The molecule has 1 fully saturated rings. The number of hydrogen-bond acceptors (Lipinski definition) is 5. The zero-order valence-electron chi connectivity index (χ0n) is 15.7. The third-order valence-electron chi connectivity index (χ3n) is 4.64. The average molecular weight is 401 g/mol. The fourth-order valence-electron chi connectivity index (χ4n) is 3.03. The number of nitrogens with zero attached hydrogens (tertiary/aromatic N) is 2. The van der Waals surface area contributed by atoms with E-state index in [4.69, 9.17) is 4.74 Å². The predicted molar refractivity (Wildman–Crippen MR) is 107 cm³/mol. The van der Waals surface area contributed by atoms with E-state index in [1.165, 1.54) is 11.3 Å². The molecule has 1 saturated heterocycles. The maximum Gasteiger partial charge on any atom is 0.254 e. The number of ether oxygens (including phenoxy) is 1. The smallest absolute Gasteiger partial charge is 0.254 e. The van der Waals surface area contributed by atoms with Gasteiger partial charge in [0.2, 0.25) is 5.91 Å². The molecule has 7 nitrogen and oxygen atoms in total. The molecule has 0 spiro atoms. The molecule has 0 aliphatic carbocycles. The van der Waals surface area contributed by atoms with Crippen molar-refractivity contribution < 1.29 is 19.1 Å². The highest BCUT2D eigenvalue weighted by Gasteiger charge is 2.24. The second-order valence-electron chi connectivity index (χ2n) is 6.42. The van der Waals surface area contributed by atoms with Gasteiger partial charge in [-0.05, 0) is 29.6 Å². The molecule has 1 aliphatic rings. The summed E-state index contributed by atoms with van der Waals surface area (Å²) in [6.07, 6.45) is 0.250. The highest BCUT2D eigenvalue weighted by atomic mass is 32.1. The number of methoxy groups -OCH3 is 1. The van der Waals surface area contributed by atoms with Crippen LogP contribution in [0.5, 0.6) is 5.75 Å². The van der Waals surface area contributed by atoms with Gasteiger partial charge in [0.25, 0.3) is 11.8 Å². The molecule has 0 saturated carbocycles. The molecule has 1 aromatic heterocycles. The summed E-state index contributed by atoms with van der Waals surface area (Å²) in [6, 6.07) is 8.82.